The molecule has 0 aromatic heterocycles. The molecule has 1 aromatic carbocycles. The van der Waals surface area contributed by atoms with Gasteiger partial charge in [-0.25, -0.2) is 4.79 Å². The van der Waals surface area contributed by atoms with Crippen LogP contribution in [0.25, 0.3) is 0 Å². The highest BCUT2D eigenvalue weighted by molar-refractivity contribution is 6.22. The van der Waals surface area contributed by atoms with Gasteiger partial charge in [-0.1, -0.05) is 12.1 Å². The highest BCUT2D eigenvalue weighted by Gasteiger charge is 2.15. The number of ether oxygens (including phenoxy) is 2. The molecule has 0 saturated carbocycles. The van der Waals surface area contributed by atoms with E-state index in [1.165, 1.54) is 0 Å². The molecule has 20 heavy (non-hydrogen) atoms. The molecule has 0 fully saturated rings. The number of hydrogen-bond donors (Lipinski definition) is 0. The fourth-order valence-electron chi connectivity index (χ4n) is 1.65. The average Bonchev–Trinajstić information content (AvgIpc) is 2.39. The van der Waals surface area contributed by atoms with Crippen molar-refractivity contribution in [2.24, 2.45) is 0 Å². The molecule has 1 rings (SSSR count). The van der Waals surface area contributed by atoms with E-state index < -0.39 is 11.8 Å². The SMILES string of the molecule is [B]C(Cc1ccc(C(=O)OC(C)C)cc1)C(=O)OCC. The second-order valence-corrected chi connectivity index (χ2v) is 4.71. The number of esters is 2. The van der Waals surface area contributed by atoms with Crippen LogP contribution in [0.5, 0.6) is 0 Å². The molecule has 2 radical (unpaired) electrons. The first kappa shape index (κ1) is 16.3. The maximum Gasteiger partial charge on any atom is 0.338 e. The quantitative estimate of drug-likeness (QED) is 0.590. The topological polar surface area (TPSA) is 52.6 Å². The van der Waals surface area contributed by atoms with Crippen LogP contribution in [0, 0.1) is 0 Å². The Morgan fingerprint density at radius 3 is 2.30 bits per heavy atom. The highest BCUT2D eigenvalue weighted by atomic mass is 16.5. The van der Waals surface area contributed by atoms with Crippen LogP contribution in [0.3, 0.4) is 0 Å². The van der Waals surface area contributed by atoms with Gasteiger partial charge in [-0.15, -0.1) is 0 Å². The normalized spacial score (nSPS) is 12.0. The van der Waals surface area contributed by atoms with Gasteiger partial charge >= 0.3 is 5.97 Å². The molecule has 0 saturated heterocycles. The maximum absolute atomic E-state index is 11.7. The monoisotopic (exact) mass is 274 g/mol. The predicted molar refractivity (Wildman–Crippen MR) is 76.8 cm³/mol. The van der Waals surface area contributed by atoms with E-state index in [2.05, 4.69) is 0 Å². The summed E-state index contributed by atoms with van der Waals surface area (Å²) in [7, 11) is 5.73. The van der Waals surface area contributed by atoms with Crippen LogP contribution in [0.4, 0.5) is 0 Å². The lowest BCUT2D eigenvalue weighted by Crippen LogP contribution is -2.15. The Morgan fingerprint density at radius 1 is 1.20 bits per heavy atom. The van der Waals surface area contributed by atoms with Crippen LogP contribution < -0.4 is 0 Å². The highest BCUT2D eigenvalue weighted by Crippen LogP contribution is 2.14. The van der Waals surface area contributed by atoms with Crippen molar-refractivity contribution in [1.29, 1.82) is 0 Å². The summed E-state index contributed by atoms with van der Waals surface area (Å²) in [5.41, 5.74) is 1.35. The number of benzene rings is 1. The van der Waals surface area contributed by atoms with Crippen molar-refractivity contribution in [3.8, 4) is 0 Å². The molecule has 0 aliphatic heterocycles. The molecular formula is C15H19BO4. The molecule has 0 bridgehead atoms. The molecule has 1 aromatic rings. The van der Waals surface area contributed by atoms with E-state index in [0.29, 0.717) is 18.6 Å². The zero-order chi connectivity index (χ0) is 15.1. The zero-order valence-corrected chi connectivity index (χ0v) is 12.1. The minimum atomic E-state index is -0.691. The third-order valence-corrected chi connectivity index (χ3v) is 2.58. The van der Waals surface area contributed by atoms with Gasteiger partial charge in [0, 0.05) is 5.82 Å². The molecule has 0 heterocycles. The molecule has 0 aliphatic carbocycles. The van der Waals surface area contributed by atoms with Crippen molar-refractivity contribution >= 4 is 19.8 Å². The van der Waals surface area contributed by atoms with Crippen molar-refractivity contribution in [2.45, 2.75) is 39.1 Å². The Hall–Kier alpha value is -1.78. The largest absolute Gasteiger partial charge is 0.466 e. The molecule has 0 amide bonds. The number of carbonyl (C=O) groups is 2. The molecule has 5 heteroatoms. The lowest BCUT2D eigenvalue weighted by Gasteiger charge is -2.11. The van der Waals surface area contributed by atoms with E-state index in [4.69, 9.17) is 17.3 Å². The minimum absolute atomic E-state index is 0.153. The number of rotatable bonds is 6. The van der Waals surface area contributed by atoms with Gasteiger partial charge < -0.3 is 9.47 Å². The summed E-state index contributed by atoms with van der Waals surface area (Å²) in [6, 6.07) is 6.85. The fraction of sp³-hybridized carbons (Fsp3) is 0.467. The Balaban J connectivity index is 2.62. The average molecular weight is 274 g/mol. The third-order valence-electron chi connectivity index (χ3n) is 2.58. The van der Waals surface area contributed by atoms with Crippen molar-refractivity contribution < 1.29 is 19.1 Å². The van der Waals surface area contributed by atoms with Crippen LogP contribution in [-0.2, 0) is 20.7 Å². The molecule has 106 valence electrons. The van der Waals surface area contributed by atoms with Gasteiger partial charge in [-0.05, 0) is 44.9 Å². The Morgan fingerprint density at radius 2 is 1.80 bits per heavy atom. The Labute approximate surface area is 120 Å². The lowest BCUT2D eigenvalue weighted by atomic mass is 9.82. The van der Waals surface area contributed by atoms with Gasteiger partial charge in [-0.3, -0.25) is 4.79 Å². The first-order valence-electron chi connectivity index (χ1n) is 6.66. The molecule has 0 spiro atoms. The van der Waals surface area contributed by atoms with E-state index >= 15 is 0 Å². The van der Waals surface area contributed by atoms with E-state index in [0.717, 1.165) is 5.56 Å². The molecule has 4 nitrogen and oxygen atoms in total. The van der Waals surface area contributed by atoms with Crippen molar-refractivity contribution in [3.05, 3.63) is 35.4 Å². The second-order valence-electron chi connectivity index (χ2n) is 4.71. The summed E-state index contributed by atoms with van der Waals surface area (Å²) in [6.45, 7) is 5.64. The van der Waals surface area contributed by atoms with Gasteiger partial charge in [0.1, 0.15) is 0 Å². The van der Waals surface area contributed by atoms with Gasteiger partial charge in [0.25, 0.3) is 5.97 Å². The summed E-state index contributed by atoms with van der Waals surface area (Å²) in [5.74, 6) is -1.47. The van der Waals surface area contributed by atoms with Gasteiger partial charge in [0.15, 0.2) is 0 Å². The van der Waals surface area contributed by atoms with Crippen molar-refractivity contribution in [3.63, 3.8) is 0 Å². The van der Waals surface area contributed by atoms with Crippen molar-refractivity contribution in [2.75, 3.05) is 6.61 Å². The first-order chi connectivity index (χ1) is 9.43. The number of carbonyl (C=O) groups excluding carboxylic acids is 2. The second kappa shape index (κ2) is 7.73. The fourth-order valence-corrected chi connectivity index (χ4v) is 1.65. The molecule has 0 N–H and O–H groups in total. The maximum atomic E-state index is 11.7. The minimum Gasteiger partial charge on any atom is -0.466 e. The molecular weight excluding hydrogens is 255 g/mol. The lowest BCUT2D eigenvalue weighted by molar-refractivity contribution is -0.142. The zero-order valence-electron chi connectivity index (χ0n) is 12.1. The third kappa shape index (κ3) is 5.07. The number of hydrogen-bond acceptors (Lipinski definition) is 4. The van der Waals surface area contributed by atoms with E-state index in [1.54, 1.807) is 45.0 Å². The molecule has 1 atom stereocenters. The predicted octanol–water partition coefficient (Wildman–Crippen LogP) is 2.31. The summed E-state index contributed by atoms with van der Waals surface area (Å²) in [6.07, 6.45) is 0.220. The Kier molecular flexibility index (Phi) is 6.29. The summed E-state index contributed by atoms with van der Waals surface area (Å²) in [5, 5.41) is 0. The smallest absolute Gasteiger partial charge is 0.338 e. The molecule has 0 aliphatic rings. The van der Waals surface area contributed by atoms with E-state index in [1.807, 2.05) is 0 Å². The van der Waals surface area contributed by atoms with Crippen LogP contribution in [0.1, 0.15) is 36.7 Å². The van der Waals surface area contributed by atoms with Gasteiger partial charge in [0.2, 0.25) is 0 Å². The standard InChI is InChI=1S/C15H19BO4/c1-4-19-15(18)13(16)9-11-5-7-12(8-6-11)14(17)20-10(2)3/h5-8,10,13H,4,9H2,1-3H3. The Bertz CT molecular complexity index is 453. The van der Waals surface area contributed by atoms with Crippen LogP contribution in [0.2, 0.25) is 5.82 Å². The summed E-state index contributed by atoms with van der Waals surface area (Å²) >= 11 is 0. The van der Waals surface area contributed by atoms with Gasteiger partial charge in [0.05, 0.1) is 26.1 Å². The van der Waals surface area contributed by atoms with Crippen molar-refractivity contribution in [1.82, 2.24) is 0 Å². The summed E-state index contributed by atoms with van der Waals surface area (Å²) < 4.78 is 9.93. The van der Waals surface area contributed by atoms with Crippen LogP contribution in [-0.4, -0.2) is 32.5 Å². The first-order valence-corrected chi connectivity index (χ1v) is 6.66. The van der Waals surface area contributed by atoms with Crippen LogP contribution in [0.15, 0.2) is 24.3 Å². The van der Waals surface area contributed by atoms with Gasteiger partial charge in [-0.2, -0.15) is 0 Å². The van der Waals surface area contributed by atoms with Crippen LogP contribution >= 0.6 is 0 Å². The summed E-state index contributed by atoms with van der Waals surface area (Å²) in [4.78, 5) is 23.1. The van der Waals surface area contributed by atoms with E-state index in [9.17, 15) is 9.59 Å². The molecule has 1 unspecified atom stereocenters. The van der Waals surface area contributed by atoms with E-state index in [-0.39, 0.29) is 12.1 Å².